The molecule has 11 heteroatoms. The van der Waals surface area contributed by atoms with Crippen LogP contribution in [0.4, 0.5) is 0 Å². The molecule has 2 fully saturated rings. The molecule has 1 aromatic rings. The summed E-state index contributed by atoms with van der Waals surface area (Å²) < 4.78 is 16.8. The second-order valence-corrected chi connectivity index (χ2v) is 10.4. The number of halogens is 2. The Morgan fingerprint density at radius 1 is 1.25 bits per heavy atom. The van der Waals surface area contributed by atoms with Gasteiger partial charge in [0, 0.05) is 21.9 Å². The molecule has 1 aromatic carbocycles. The number of benzene rings is 1. The normalized spacial score (nSPS) is 34.0. The van der Waals surface area contributed by atoms with E-state index in [1.54, 1.807) is 12.1 Å². The molecule has 3 amide bonds. The fraction of sp³-hybridized carbons (Fsp3) is 0.412. The molecule has 3 aliphatic heterocycles. The molecule has 1 unspecified atom stereocenters. The molecule has 3 heterocycles. The number of esters is 1. The molecular weight excluding hydrogens is 520 g/mol. The number of amides is 3. The van der Waals surface area contributed by atoms with E-state index in [1.807, 2.05) is 0 Å². The molecule has 5 atom stereocenters. The number of imide groups is 1. The zero-order valence-electron chi connectivity index (χ0n) is 14.5. The first-order valence-electron chi connectivity index (χ1n) is 8.26. The molecule has 2 saturated heterocycles. The van der Waals surface area contributed by atoms with E-state index in [2.05, 4.69) is 31.9 Å². The van der Waals surface area contributed by atoms with Crippen LogP contribution in [0.1, 0.15) is 20.7 Å². The number of fused-ring (bicyclic) bond motifs is 2. The molecule has 0 N–H and O–H groups in total. The number of β-lactam (4-membered cyclic amide) rings is 1. The first-order valence-corrected chi connectivity index (χ1v) is 11.6. The van der Waals surface area contributed by atoms with E-state index in [1.165, 1.54) is 24.1 Å². The highest BCUT2D eigenvalue weighted by atomic mass is 79.9. The second kappa shape index (κ2) is 6.74. The van der Waals surface area contributed by atoms with Crippen LogP contribution >= 0.6 is 31.9 Å². The number of carbonyl (C=O) groups is 4. The van der Waals surface area contributed by atoms with Crippen LogP contribution in [-0.4, -0.2) is 77.7 Å². The molecule has 148 valence electrons. The Morgan fingerprint density at radius 2 is 1.82 bits per heavy atom. The van der Waals surface area contributed by atoms with Gasteiger partial charge >= 0.3 is 5.97 Å². The molecule has 3 aliphatic rings. The third-order valence-electron chi connectivity index (χ3n) is 5.22. The summed E-state index contributed by atoms with van der Waals surface area (Å²) in [5, 5.41) is -0.705. The highest BCUT2D eigenvalue weighted by molar-refractivity contribution is 9.12. The van der Waals surface area contributed by atoms with Crippen molar-refractivity contribution in [3.63, 3.8) is 0 Å². The van der Waals surface area contributed by atoms with Crippen LogP contribution in [0, 0.1) is 0 Å². The molecule has 0 radical (unpaired) electrons. The van der Waals surface area contributed by atoms with Crippen LogP contribution in [0.2, 0.25) is 0 Å². The number of nitrogens with zero attached hydrogens (tertiary/aromatic N) is 2. The standard InChI is InChI=1S/C17H14Br2N2O6S/c1-27-16(25)11-17(19,6-18)7-28(26)15-10(14(24)21(11)15)20-12(22)8-4-2-3-5-9(8)13(20)23/h2-5,10-11,15H,6-7H2,1H3/t10-,11+,15-,17+,28?/m1/s1. The van der Waals surface area contributed by atoms with E-state index in [-0.39, 0.29) is 22.2 Å². The number of methoxy groups -OCH3 is 1. The van der Waals surface area contributed by atoms with E-state index in [0.717, 1.165) is 4.90 Å². The van der Waals surface area contributed by atoms with Gasteiger partial charge in [-0.2, -0.15) is 0 Å². The van der Waals surface area contributed by atoms with Gasteiger partial charge < -0.3 is 9.64 Å². The van der Waals surface area contributed by atoms with Crippen molar-refractivity contribution in [2.75, 3.05) is 18.2 Å². The Kier molecular flexibility index (Phi) is 4.74. The van der Waals surface area contributed by atoms with Gasteiger partial charge in [-0.05, 0) is 12.1 Å². The monoisotopic (exact) mass is 532 g/mol. The topological polar surface area (TPSA) is 101 Å². The lowest BCUT2D eigenvalue weighted by Crippen LogP contribution is -2.82. The minimum atomic E-state index is -1.60. The minimum Gasteiger partial charge on any atom is -0.467 e. The summed E-state index contributed by atoms with van der Waals surface area (Å²) in [4.78, 5) is 53.0. The largest absolute Gasteiger partial charge is 0.467 e. The van der Waals surface area contributed by atoms with Crippen LogP contribution in [-0.2, 0) is 25.1 Å². The summed E-state index contributed by atoms with van der Waals surface area (Å²) in [6.45, 7) is 0. The molecule has 0 bridgehead atoms. The van der Waals surface area contributed by atoms with E-state index in [9.17, 15) is 23.4 Å². The number of carbonyl (C=O) groups excluding carboxylic acids is 4. The predicted octanol–water partition coefficient (Wildman–Crippen LogP) is 0.652. The number of alkyl halides is 2. The lowest BCUT2D eigenvalue weighted by molar-refractivity contribution is -0.167. The van der Waals surface area contributed by atoms with Crippen molar-refractivity contribution >= 4 is 66.4 Å². The smallest absolute Gasteiger partial charge is 0.330 e. The van der Waals surface area contributed by atoms with Crippen molar-refractivity contribution in [2.24, 2.45) is 0 Å². The van der Waals surface area contributed by atoms with E-state index < -0.39 is 56.3 Å². The van der Waals surface area contributed by atoms with Gasteiger partial charge in [-0.15, -0.1) is 0 Å². The van der Waals surface area contributed by atoms with Crippen molar-refractivity contribution in [3.05, 3.63) is 35.4 Å². The molecule has 0 spiro atoms. The first-order chi connectivity index (χ1) is 13.3. The fourth-order valence-corrected chi connectivity index (χ4v) is 7.67. The van der Waals surface area contributed by atoms with Crippen molar-refractivity contribution < 1.29 is 28.1 Å². The molecule has 0 saturated carbocycles. The van der Waals surface area contributed by atoms with Gasteiger partial charge in [0.25, 0.3) is 17.7 Å². The van der Waals surface area contributed by atoms with Crippen LogP contribution in [0.25, 0.3) is 0 Å². The molecule has 4 rings (SSSR count). The number of hydrogen-bond donors (Lipinski definition) is 0. The van der Waals surface area contributed by atoms with Crippen molar-refractivity contribution in [1.29, 1.82) is 0 Å². The quantitative estimate of drug-likeness (QED) is 0.245. The number of ether oxygens (including phenoxy) is 1. The molecule has 8 nitrogen and oxygen atoms in total. The van der Waals surface area contributed by atoms with Crippen molar-refractivity contribution in [3.8, 4) is 0 Å². The van der Waals surface area contributed by atoms with E-state index in [4.69, 9.17) is 4.74 Å². The van der Waals surface area contributed by atoms with Crippen LogP contribution in [0.15, 0.2) is 24.3 Å². The second-order valence-electron chi connectivity index (χ2n) is 6.73. The lowest BCUT2D eigenvalue weighted by atomic mass is 9.93. The van der Waals surface area contributed by atoms with Gasteiger partial charge in [-0.1, -0.05) is 44.0 Å². The number of hydrogen-bond acceptors (Lipinski definition) is 6. The van der Waals surface area contributed by atoms with Gasteiger partial charge in [-0.25, -0.2) is 4.79 Å². The Bertz CT molecular complexity index is 920. The maximum absolute atomic E-state index is 13.0. The molecular formula is C17H14Br2N2O6S. The van der Waals surface area contributed by atoms with Gasteiger partial charge in [0.1, 0.15) is 11.4 Å². The van der Waals surface area contributed by atoms with E-state index in [0.29, 0.717) is 0 Å². The molecule has 28 heavy (non-hydrogen) atoms. The Morgan fingerprint density at radius 3 is 2.32 bits per heavy atom. The SMILES string of the molecule is COC(=O)[C@@H]1N2C(=O)[C@@H](N3C(=O)c4ccccc4C3=O)[C@H]2S(=O)C[C@@]1(Br)CBr. The van der Waals surface area contributed by atoms with Gasteiger partial charge in [0.05, 0.1) is 22.6 Å². The first kappa shape index (κ1) is 19.7. The third-order valence-corrected chi connectivity index (χ3v) is 10.2. The summed E-state index contributed by atoms with van der Waals surface area (Å²) in [7, 11) is -0.400. The molecule has 0 aliphatic carbocycles. The Hall–Kier alpha value is -1.59. The minimum absolute atomic E-state index is 0.0478. The van der Waals surface area contributed by atoms with Gasteiger partial charge in [0.15, 0.2) is 6.04 Å². The average Bonchev–Trinajstić information content (AvgIpc) is 2.93. The van der Waals surface area contributed by atoms with Crippen LogP contribution < -0.4 is 0 Å². The lowest BCUT2D eigenvalue weighted by Gasteiger charge is -2.57. The van der Waals surface area contributed by atoms with Gasteiger partial charge in [0.2, 0.25) is 0 Å². The zero-order valence-corrected chi connectivity index (χ0v) is 18.5. The zero-order chi connectivity index (χ0) is 20.4. The van der Waals surface area contributed by atoms with Gasteiger partial charge in [-0.3, -0.25) is 23.5 Å². The summed E-state index contributed by atoms with van der Waals surface area (Å²) in [5.41, 5.74) is 0.417. The fourth-order valence-electron chi connectivity index (χ4n) is 3.91. The summed E-state index contributed by atoms with van der Waals surface area (Å²) in [5.74, 6) is -2.41. The van der Waals surface area contributed by atoms with E-state index >= 15 is 0 Å². The van der Waals surface area contributed by atoms with Crippen LogP contribution in [0.5, 0.6) is 0 Å². The highest BCUT2D eigenvalue weighted by Crippen LogP contribution is 2.45. The number of rotatable bonds is 3. The summed E-state index contributed by atoms with van der Waals surface area (Å²) in [6.07, 6.45) is 0. The Balaban J connectivity index is 1.72. The van der Waals surface area contributed by atoms with Crippen LogP contribution in [0.3, 0.4) is 0 Å². The van der Waals surface area contributed by atoms with Crippen molar-refractivity contribution in [1.82, 2.24) is 9.80 Å². The summed E-state index contributed by atoms with van der Waals surface area (Å²) in [6, 6.07) is 4.05. The molecule has 0 aromatic heterocycles. The maximum atomic E-state index is 13.0. The third kappa shape index (κ3) is 2.48. The predicted molar refractivity (Wildman–Crippen MR) is 106 cm³/mol. The maximum Gasteiger partial charge on any atom is 0.330 e. The highest BCUT2D eigenvalue weighted by Gasteiger charge is 2.67. The summed E-state index contributed by atoms with van der Waals surface area (Å²) >= 11 is 6.74. The average molecular weight is 534 g/mol. The van der Waals surface area contributed by atoms with Crippen molar-refractivity contribution in [2.45, 2.75) is 21.8 Å². The Labute approximate surface area is 179 Å².